The van der Waals surface area contributed by atoms with Crippen molar-refractivity contribution in [2.75, 3.05) is 11.0 Å². The van der Waals surface area contributed by atoms with Crippen molar-refractivity contribution in [2.45, 2.75) is 32.2 Å². The van der Waals surface area contributed by atoms with E-state index in [1.54, 1.807) is 12.4 Å². The second kappa shape index (κ2) is 9.03. The summed E-state index contributed by atoms with van der Waals surface area (Å²) in [6, 6.07) is 1.84. The van der Waals surface area contributed by atoms with Gasteiger partial charge in [-0.2, -0.15) is 0 Å². The maximum Gasteiger partial charge on any atom is 0.141 e. The van der Waals surface area contributed by atoms with Gasteiger partial charge in [-0.3, -0.25) is 0 Å². The highest BCUT2D eigenvalue weighted by molar-refractivity contribution is 14.1. The molecule has 3 nitrogen and oxygen atoms in total. The summed E-state index contributed by atoms with van der Waals surface area (Å²) in [4.78, 5) is 8.30. The molecule has 0 saturated heterocycles. The van der Waals surface area contributed by atoms with E-state index in [1.165, 1.54) is 30.1 Å². The van der Waals surface area contributed by atoms with Crippen molar-refractivity contribution in [1.82, 2.24) is 15.3 Å². The molecule has 1 rings (SSSR count). The summed E-state index contributed by atoms with van der Waals surface area (Å²) in [6.07, 6.45) is 8.85. The molecule has 0 aliphatic rings. The minimum absolute atomic E-state index is 0.785. The topological polar surface area (TPSA) is 37.8 Å². The highest BCUT2D eigenvalue weighted by Gasteiger charge is 1.93. The first-order valence-electron chi connectivity index (χ1n) is 5.46. The SMILES string of the molecule is ICCCCCCNCc1ncccn1. The van der Waals surface area contributed by atoms with Gasteiger partial charge in [-0.1, -0.05) is 35.4 Å². The van der Waals surface area contributed by atoms with Gasteiger partial charge >= 0.3 is 0 Å². The van der Waals surface area contributed by atoms with Crippen LogP contribution in [-0.4, -0.2) is 20.9 Å². The number of aromatic nitrogens is 2. The Labute approximate surface area is 105 Å². The Morgan fingerprint density at radius 3 is 2.53 bits per heavy atom. The molecule has 0 aliphatic heterocycles. The summed E-state index contributed by atoms with van der Waals surface area (Å²) in [5.41, 5.74) is 0. The van der Waals surface area contributed by atoms with Crippen LogP contribution in [0.1, 0.15) is 31.5 Å². The van der Waals surface area contributed by atoms with Crippen molar-refractivity contribution in [1.29, 1.82) is 0 Å². The highest BCUT2D eigenvalue weighted by atomic mass is 127. The Morgan fingerprint density at radius 2 is 1.80 bits per heavy atom. The Bertz CT molecular complexity index is 241. The van der Waals surface area contributed by atoms with Gasteiger partial charge in [0.25, 0.3) is 0 Å². The first kappa shape index (κ1) is 12.8. The monoisotopic (exact) mass is 319 g/mol. The maximum atomic E-state index is 4.15. The molecule has 0 unspecified atom stereocenters. The van der Waals surface area contributed by atoms with Crippen molar-refractivity contribution in [3.05, 3.63) is 24.3 Å². The van der Waals surface area contributed by atoms with Gasteiger partial charge in [0.2, 0.25) is 0 Å². The number of rotatable bonds is 8. The molecule has 0 bridgehead atoms. The lowest BCUT2D eigenvalue weighted by Crippen LogP contribution is -2.16. The summed E-state index contributed by atoms with van der Waals surface area (Å²) in [5.74, 6) is 0.879. The number of hydrogen-bond donors (Lipinski definition) is 1. The van der Waals surface area contributed by atoms with E-state index >= 15 is 0 Å². The predicted octanol–water partition coefficient (Wildman–Crippen LogP) is 2.56. The number of nitrogens with zero attached hydrogens (tertiary/aromatic N) is 2. The van der Waals surface area contributed by atoms with Crippen LogP contribution in [-0.2, 0) is 6.54 Å². The summed E-state index contributed by atoms with van der Waals surface area (Å²) >= 11 is 2.43. The molecule has 15 heavy (non-hydrogen) atoms. The highest BCUT2D eigenvalue weighted by Crippen LogP contribution is 2.01. The molecule has 0 fully saturated rings. The number of unbranched alkanes of at least 4 members (excludes halogenated alkanes) is 3. The van der Waals surface area contributed by atoms with E-state index in [0.29, 0.717) is 0 Å². The van der Waals surface area contributed by atoms with Gasteiger partial charge in [-0.25, -0.2) is 9.97 Å². The summed E-state index contributed by atoms with van der Waals surface area (Å²) in [7, 11) is 0. The standard InChI is InChI=1S/C11H18IN3/c12-6-3-1-2-4-7-13-10-11-14-8-5-9-15-11/h5,8-9,13H,1-4,6-7,10H2. The molecule has 0 radical (unpaired) electrons. The van der Waals surface area contributed by atoms with Gasteiger partial charge in [0.05, 0.1) is 6.54 Å². The van der Waals surface area contributed by atoms with Gasteiger partial charge < -0.3 is 5.32 Å². The molecular weight excluding hydrogens is 301 g/mol. The second-order valence-electron chi connectivity index (χ2n) is 3.44. The zero-order chi connectivity index (χ0) is 10.8. The Balaban J connectivity index is 1.93. The van der Waals surface area contributed by atoms with Crippen LogP contribution in [0.5, 0.6) is 0 Å². The fourth-order valence-electron chi connectivity index (χ4n) is 1.32. The first-order valence-corrected chi connectivity index (χ1v) is 6.98. The normalized spacial score (nSPS) is 10.5. The van der Waals surface area contributed by atoms with Gasteiger partial charge in [0.1, 0.15) is 5.82 Å². The number of alkyl halides is 1. The van der Waals surface area contributed by atoms with Crippen LogP contribution in [0.15, 0.2) is 18.5 Å². The molecule has 0 spiro atoms. The maximum absolute atomic E-state index is 4.15. The van der Waals surface area contributed by atoms with Gasteiger partial charge in [0.15, 0.2) is 0 Å². The molecule has 1 N–H and O–H groups in total. The van der Waals surface area contributed by atoms with Crippen LogP contribution < -0.4 is 5.32 Å². The summed E-state index contributed by atoms with van der Waals surface area (Å²) < 4.78 is 1.28. The van der Waals surface area contributed by atoms with Crippen molar-refractivity contribution >= 4 is 22.6 Å². The van der Waals surface area contributed by atoms with E-state index in [4.69, 9.17) is 0 Å². The minimum atomic E-state index is 0.785. The van der Waals surface area contributed by atoms with Crippen LogP contribution in [0.4, 0.5) is 0 Å². The van der Waals surface area contributed by atoms with E-state index < -0.39 is 0 Å². The van der Waals surface area contributed by atoms with Gasteiger partial charge in [-0.15, -0.1) is 0 Å². The van der Waals surface area contributed by atoms with Crippen LogP contribution in [0.2, 0.25) is 0 Å². The summed E-state index contributed by atoms with van der Waals surface area (Å²) in [5, 5.41) is 3.35. The van der Waals surface area contributed by atoms with E-state index in [1.807, 2.05) is 6.07 Å². The van der Waals surface area contributed by atoms with Crippen LogP contribution in [0.25, 0.3) is 0 Å². The lowest BCUT2D eigenvalue weighted by atomic mass is 10.2. The van der Waals surface area contributed by atoms with E-state index in [0.717, 1.165) is 18.9 Å². The van der Waals surface area contributed by atoms with Gasteiger partial charge in [0, 0.05) is 12.4 Å². The Hall–Kier alpha value is -0.230. The molecular formula is C11H18IN3. The molecule has 1 aromatic rings. The zero-order valence-electron chi connectivity index (χ0n) is 8.95. The Kier molecular flexibility index (Phi) is 7.73. The third kappa shape index (κ3) is 6.78. The lowest BCUT2D eigenvalue weighted by molar-refractivity contribution is 0.589. The molecule has 0 aromatic carbocycles. The fraction of sp³-hybridized carbons (Fsp3) is 0.636. The minimum Gasteiger partial charge on any atom is -0.310 e. The number of nitrogens with one attached hydrogen (secondary N) is 1. The van der Waals surface area contributed by atoms with Crippen molar-refractivity contribution in [2.24, 2.45) is 0 Å². The smallest absolute Gasteiger partial charge is 0.141 e. The van der Waals surface area contributed by atoms with E-state index in [2.05, 4.69) is 37.9 Å². The van der Waals surface area contributed by atoms with E-state index in [9.17, 15) is 0 Å². The molecule has 84 valence electrons. The lowest BCUT2D eigenvalue weighted by Gasteiger charge is -2.02. The van der Waals surface area contributed by atoms with Gasteiger partial charge in [-0.05, 0) is 29.9 Å². The van der Waals surface area contributed by atoms with E-state index in [-0.39, 0.29) is 0 Å². The molecule has 4 heteroatoms. The molecule has 0 amide bonds. The Morgan fingerprint density at radius 1 is 1.07 bits per heavy atom. The fourth-order valence-corrected chi connectivity index (χ4v) is 1.86. The molecule has 0 aliphatic carbocycles. The summed E-state index contributed by atoms with van der Waals surface area (Å²) in [6.45, 7) is 1.85. The van der Waals surface area contributed by atoms with Crippen LogP contribution in [0.3, 0.4) is 0 Å². The predicted molar refractivity (Wildman–Crippen MR) is 71.1 cm³/mol. The molecule has 1 aromatic heterocycles. The van der Waals surface area contributed by atoms with Crippen molar-refractivity contribution in [3.63, 3.8) is 0 Å². The van der Waals surface area contributed by atoms with Crippen molar-refractivity contribution < 1.29 is 0 Å². The largest absolute Gasteiger partial charge is 0.310 e. The quantitative estimate of drug-likeness (QED) is 0.455. The first-order chi connectivity index (χ1) is 7.43. The second-order valence-corrected chi connectivity index (χ2v) is 4.52. The van der Waals surface area contributed by atoms with Crippen LogP contribution >= 0.6 is 22.6 Å². The number of hydrogen-bond acceptors (Lipinski definition) is 3. The average Bonchev–Trinajstić information content (AvgIpc) is 2.29. The van der Waals surface area contributed by atoms with Crippen LogP contribution in [0, 0.1) is 0 Å². The number of halogens is 1. The average molecular weight is 319 g/mol. The third-order valence-corrected chi connectivity index (χ3v) is 2.90. The van der Waals surface area contributed by atoms with Crippen molar-refractivity contribution in [3.8, 4) is 0 Å². The molecule has 1 heterocycles. The third-order valence-electron chi connectivity index (χ3n) is 2.14. The zero-order valence-corrected chi connectivity index (χ0v) is 11.1. The molecule has 0 saturated carbocycles. The molecule has 0 atom stereocenters.